The summed E-state index contributed by atoms with van der Waals surface area (Å²) >= 11 is 0. The summed E-state index contributed by atoms with van der Waals surface area (Å²) in [6.45, 7) is 0. The van der Waals surface area contributed by atoms with Gasteiger partial charge in [-0.1, -0.05) is 6.07 Å². The second kappa shape index (κ2) is 7.31. The molecule has 1 amide bonds. The zero-order valence-corrected chi connectivity index (χ0v) is 12.8. The Morgan fingerprint density at radius 2 is 1.77 bits per heavy atom. The van der Waals surface area contributed by atoms with Crippen LogP contribution in [0.1, 0.15) is 5.56 Å². The highest BCUT2D eigenvalue weighted by atomic mass is 16.5. The van der Waals surface area contributed by atoms with E-state index in [0.29, 0.717) is 23.1 Å². The molecule has 1 aromatic carbocycles. The van der Waals surface area contributed by atoms with E-state index in [2.05, 4.69) is 10.3 Å². The SMILES string of the molecule is COc1cc(CC(=O)Nc2ccccn2)cc(OC)c1OC. The lowest BCUT2D eigenvalue weighted by atomic mass is 10.1. The molecule has 6 nitrogen and oxygen atoms in total. The highest BCUT2D eigenvalue weighted by Crippen LogP contribution is 2.38. The maximum Gasteiger partial charge on any atom is 0.229 e. The molecule has 116 valence electrons. The third-order valence-electron chi connectivity index (χ3n) is 3.02. The fraction of sp³-hybridized carbons (Fsp3) is 0.250. The number of amides is 1. The molecule has 0 aliphatic carbocycles. The van der Waals surface area contributed by atoms with Gasteiger partial charge in [0.05, 0.1) is 27.8 Å². The van der Waals surface area contributed by atoms with Gasteiger partial charge in [0.15, 0.2) is 11.5 Å². The van der Waals surface area contributed by atoms with Gasteiger partial charge in [0.2, 0.25) is 11.7 Å². The van der Waals surface area contributed by atoms with E-state index >= 15 is 0 Å². The van der Waals surface area contributed by atoms with Gasteiger partial charge in [0, 0.05) is 6.20 Å². The highest BCUT2D eigenvalue weighted by molar-refractivity contribution is 5.91. The molecule has 0 saturated heterocycles. The van der Waals surface area contributed by atoms with E-state index in [1.165, 1.54) is 21.3 Å². The van der Waals surface area contributed by atoms with E-state index in [-0.39, 0.29) is 12.3 Å². The van der Waals surface area contributed by atoms with Crippen molar-refractivity contribution in [2.75, 3.05) is 26.6 Å². The number of nitrogens with one attached hydrogen (secondary N) is 1. The van der Waals surface area contributed by atoms with Crippen molar-refractivity contribution in [2.45, 2.75) is 6.42 Å². The molecule has 0 spiro atoms. The summed E-state index contributed by atoms with van der Waals surface area (Å²) in [4.78, 5) is 16.1. The van der Waals surface area contributed by atoms with Crippen LogP contribution in [0.25, 0.3) is 0 Å². The van der Waals surface area contributed by atoms with E-state index in [1.807, 2.05) is 6.07 Å². The number of hydrogen-bond donors (Lipinski definition) is 1. The molecule has 0 atom stereocenters. The molecule has 2 aromatic rings. The fourth-order valence-corrected chi connectivity index (χ4v) is 2.05. The number of aromatic nitrogens is 1. The average molecular weight is 302 g/mol. The molecule has 1 aromatic heterocycles. The number of carbonyl (C=O) groups is 1. The molecule has 0 unspecified atom stereocenters. The zero-order chi connectivity index (χ0) is 15.9. The van der Waals surface area contributed by atoms with Gasteiger partial charge in [0.1, 0.15) is 5.82 Å². The van der Waals surface area contributed by atoms with E-state index < -0.39 is 0 Å². The minimum Gasteiger partial charge on any atom is -0.493 e. The monoisotopic (exact) mass is 302 g/mol. The average Bonchev–Trinajstić information content (AvgIpc) is 2.54. The quantitative estimate of drug-likeness (QED) is 0.886. The summed E-state index contributed by atoms with van der Waals surface area (Å²) in [5.41, 5.74) is 0.753. The molecule has 0 bridgehead atoms. The smallest absolute Gasteiger partial charge is 0.229 e. The van der Waals surface area contributed by atoms with Gasteiger partial charge in [0.25, 0.3) is 0 Å². The molecule has 1 N–H and O–H groups in total. The lowest BCUT2D eigenvalue weighted by Crippen LogP contribution is -2.15. The summed E-state index contributed by atoms with van der Waals surface area (Å²) in [7, 11) is 4.61. The van der Waals surface area contributed by atoms with Crippen molar-refractivity contribution in [3.8, 4) is 17.2 Å². The lowest BCUT2D eigenvalue weighted by molar-refractivity contribution is -0.115. The van der Waals surface area contributed by atoms with Crippen molar-refractivity contribution < 1.29 is 19.0 Å². The maximum atomic E-state index is 12.1. The zero-order valence-electron chi connectivity index (χ0n) is 12.8. The molecule has 0 radical (unpaired) electrons. The largest absolute Gasteiger partial charge is 0.493 e. The number of pyridine rings is 1. The van der Waals surface area contributed by atoms with Gasteiger partial charge in [-0.2, -0.15) is 0 Å². The van der Waals surface area contributed by atoms with Crippen LogP contribution < -0.4 is 19.5 Å². The lowest BCUT2D eigenvalue weighted by Gasteiger charge is -2.14. The summed E-state index contributed by atoms with van der Waals surface area (Å²) < 4.78 is 15.8. The second-order valence-corrected chi connectivity index (χ2v) is 4.47. The van der Waals surface area contributed by atoms with Crippen LogP contribution in [-0.4, -0.2) is 32.2 Å². The third kappa shape index (κ3) is 3.66. The molecule has 0 fully saturated rings. The van der Waals surface area contributed by atoms with Gasteiger partial charge in [-0.05, 0) is 29.8 Å². The number of ether oxygens (including phenoxy) is 3. The molecule has 2 rings (SSSR count). The summed E-state index contributed by atoms with van der Waals surface area (Å²) in [6.07, 6.45) is 1.79. The van der Waals surface area contributed by atoms with Gasteiger partial charge in [-0.3, -0.25) is 4.79 Å². The minimum absolute atomic E-state index is 0.173. The van der Waals surface area contributed by atoms with Crippen LogP contribution in [0.15, 0.2) is 36.5 Å². The summed E-state index contributed by atoms with van der Waals surface area (Å²) in [5, 5.41) is 2.73. The van der Waals surface area contributed by atoms with Crippen LogP contribution in [0.2, 0.25) is 0 Å². The molecule has 1 heterocycles. The van der Waals surface area contributed by atoms with Gasteiger partial charge >= 0.3 is 0 Å². The Bertz CT molecular complexity index is 619. The second-order valence-electron chi connectivity index (χ2n) is 4.47. The molecule has 6 heteroatoms. The number of methoxy groups -OCH3 is 3. The Kier molecular flexibility index (Phi) is 5.19. The van der Waals surface area contributed by atoms with E-state index in [4.69, 9.17) is 14.2 Å². The van der Waals surface area contributed by atoms with Crippen LogP contribution in [0.4, 0.5) is 5.82 Å². The Labute approximate surface area is 129 Å². The number of rotatable bonds is 6. The predicted molar refractivity (Wildman–Crippen MR) is 82.7 cm³/mol. The van der Waals surface area contributed by atoms with E-state index in [0.717, 1.165) is 5.56 Å². The summed E-state index contributed by atoms with van der Waals surface area (Å²) in [6, 6.07) is 8.82. The number of nitrogens with zero attached hydrogens (tertiary/aromatic N) is 1. The molecule has 22 heavy (non-hydrogen) atoms. The highest BCUT2D eigenvalue weighted by Gasteiger charge is 2.15. The van der Waals surface area contributed by atoms with Crippen molar-refractivity contribution in [3.05, 3.63) is 42.1 Å². The third-order valence-corrected chi connectivity index (χ3v) is 3.02. The molecular weight excluding hydrogens is 284 g/mol. The Balaban J connectivity index is 2.17. The first-order chi connectivity index (χ1) is 10.7. The van der Waals surface area contributed by atoms with Crippen molar-refractivity contribution in [2.24, 2.45) is 0 Å². The van der Waals surface area contributed by atoms with Crippen LogP contribution in [0.5, 0.6) is 17.2 Å². The predicted octanol–water partition coefficient (Wildman–Crippen LogP) is 2.29. The first-order valence-electron chi connectivity index (χ1n) is 6.67. The van der Waals surface area contributed by atoms with Gasteiger partial charge in [-0.25, -0.2) is 4.98 Å². The number of hydrogen-bond acceptors (Lipinski definition) is 5. The number of benzene rings is 1. The standard InChI is InChI=1S/C16H18N2O4/c1-20-12-8-11(9-13(21-2)16(12)22-3)10-15(19)18-14-6-4-5-7-17-14/h4-9H,10H2,1-3H3,(H,17,18,19). The maximum absolute atomic E-state index is 12.1. The van der Waals surface area contributed by atoms with Gasteiger partial charge in [-0.15, -0.1) is 0 Å². The van der Waals surface area contributed by atoms with E-state index in [1.54, 1.807) is 30.5 Å². The normalized spacial score (nSPS) is 9.95. The Morgan fingerprint density at radius 3 is 2.27 bits per heavy atom. The van der Waals surface area contributed by atoms with Crippen LogP contribution in [-0.2, 0) is 11.2 Å². The fourth-order valence-electron chi connectivity index (χ4n) is 2.05. The molecular formula is C16H18N2O4. The Morgan fingerprint density at radius 1 is 1.09 bits per heavy atom. The van der Waals surface area contributed by atoms with Crippen molar-refractivity contribution in [3.63, 3.8) is 0 Å². The van der Waals surface area contributed by atoms with Gasteiger partial charge < -0.3 is 19.5 Å². The Hall–Kier alpha value is -2.76. The van der Waals surface area contributed by atoms with Crippen molar-refractivity contribution in [1.29, 1.82) is 0 Å². The molecule has 0 aliphatic rings. The minimum atomic E-state index is -0.173. The van der Waals surface area contributed by atoms with E-state index in [9.17, 15) is 4.79 Å². The number of carbonyl (C=O) groups excluding carboxylic acids is 1. The van der Waals surface area contributed by atoms with Crippen LogP contribution in [0, 0.1) is 0 Å². The molecule has 0 saturated carbocycles. The van der Waals surface area contributed by atoms with Crippen molar-refractivity contribution in [1.82, 2.24) is 4.98 Å². The first kappa shape index (κ1) is 15.6. The summed E-state index contributed by atoms with van der Waals surface area (Å²) in [5.74, 6) is 1.87. The topological polar surface area (TPSA) is 69.7 Å². The first-order valence-corrected chi connectivity index (χ1v) is 6.67. The molecule has 0 aliphatic heterocycles. The van der Waals surface area contributed by atoms with Crippen LogP contribution >= 0.6 is 0 Å². The number of anilines is 1. The van der Waals surface area contributed by atoms with Crippen LogP contribution in [0.3, 0.4) is 0 Å². The van der Waals surface area contributed by atoms with Crippen molar-refractivity contribution >= 4 is 11.7 Å².